The lowest BCUT2D eigenvalue weighted by atomic mass is 10.2. The van der Waals surface area contributed by atoms with E-state index in [-0.39, 0.29) is 22.8 Å². The van der Waals surface area contributed by atoms with Crippen LogP contribution in [0.5, 0.6) is 0 Å². The van der Waals surface area contributed by atoms with E-state index < -0.39 is 6.04 Å². The molecule has 0 spiro atoms. The van der Waals surface area contributed by atoms with Gasteiger partial charge in [0, 0.05) is 13.1 Å². The summed E-state index contributed by atoms with van der Waals surface area (Å²) < 4.78 is 1.63. The van der Waals surface area contributed by atoms with Crippen LogP contribution in [0.15, 0.2) is 59.7 Å². The summed E-state index contributed by atoms with van der Waals surface area (Å²) in [5, 5.41) is 16.8. The number of hydrogen-bond donors (Lipinski definition) is 3. The van der Waals surface area contributed by atoms with Gasteiger partial charge >= 0.3 is 0 Å². The molecule has 4 N–H and O–H groups in total. The number of hydrogen-bond acceptors (Lipinski definition) is 8. The van der Waals surface area contributed by atoms with Crippen LogP contribution in [0.4, 0.5) is 11.6 Å². The Morgan fingerprint density at radius 1 is 1.17 bits per heavy atom. The predicted octanol–water partition coefficient (Wildman–Crippen LogP) is 3.65. The topological polar surface area (TPSA) is 135 Å². The monoisotopic (exact) mass is 488 g/mol. The molecular weight excluding hydrogens is 464 g/mol. The lowest BCUT2D eigenvalue weighted by molar-refractivity contribution is 0.537. The number of benzene rings is 2. The first-order chi connectivity index (χ1) is 17.0. The zero-order valence-corrected chi connectivity index (χ0v) is 20.0. The third kappa shape index (κ3) is 5.40. The molecule has 4 aromatic rings. The maximum atomic E-state index is 13.5. The highest BCUT2D eigenvalue weighted by Gasteiger charge is 2.20. The van der Waals surface area contributed by atoms with E-state index in [1.54, 1.807) is 22.8 Å². The van der Waals surface area contributed by atoms with Crippen LogP contribution < -0.4 is 21.9 Å². The van der Waals surface area contributed by atoms with Crippen LogP contribution >= 0.6 is 11.6 Å². The fourth-order valence-electron chi connectivity index (χ4n) is 3.87. The van der Waals surface area contributed by atoms with E-state index in [0.717, 1.165) is 6.54 Å². The molecule has 0 saturated heterocycles. The summed E-state index contributed by atoms with van der Waals surface area (Å²) in [5.74, 6) is 0.871. The Labute approximate surface area is 207 Å². The Hall–Kier alpha value is -4.00. The van der Waals surface area contributed by atoms with Gasteiger partial charge in [-0.15, -0.1) is 0 Å². The fourth-order valence-corrected chi connectivity index (χ4v) is 4.12. The predicted molar refractivity (Wildman–Crippen MR) is 137 cm³/mol. The number of aromatic nitrogens is 4. The quantitative estimate of drug-likeness (QED) is 0.304. The smallest absolute Gasteiger partial charge is 0.262 e. The lowest BCUT2D eigenvalue weighted by Crippen LogP contribution is -2.30. The van der Waals surface area contributed by atoms with Crippen molar-refractivity contribution in [2.75, 3.05) is 17.6 Å². The summed E-state index contributed by atoms with van der Waals surface area (Å²) in [4.78, 5) is 26.3. The van der Waals surface area contributed by atoms with Crippen LogP contribution in [0, 0.1) is 11.3 Å². The van der Waals surface area contributed by atoms with Gasteiger partial charge in [-0.2, -0.15) is 5.26 Å². The highest BCUT2D eigenvalue weighted by Crippen LogP contribution is 2.24. The van der Waals surface area contributed by atoms with Gasteiger partial charge in [-0.1, -0.05) is 48.0 Å². The number of nitrogens with two attached hydrogens (primary N) is 1. The molecule has 0 aliphatic carbocycles. The van der Waals surface area contributed by atoms with Crippen molar-refractivity contribution in [3.8, 4) is 6.07 Å². The van der Waals surface area contributed by atoms with Crippen molar-refractivity contribution in [2.24, 2.45) is 0 Å². The number of fused-ring (bicyclic) bond motifs is 1. The molecule has 0 aliphatic rings. The first-order valence-corrected chi connectivity index (χ1v) is 11.6. The molecule has 0 fully saturated rings. The molecule has 10 heteroatoms. The van der Waals surface area contributed by atoms with Gasteiger partial charge in [0.25, 0.3) is 5.56 Å². The fraction of sp³-hybridized carbons (Fsp3) is 0.240. The summed E-state index contributed by atoms with van der Waals surface area (Å²) in [7, 11) is 0. The molecule has 1 unspecified atom stereocenters. The largest absolute Gasteiger partial charge is 0.382 e. The Kier molecular flexibility index (Phi) is 7.55. The van der Waals surface area contributed by atoms with Gasteiger partial charge in [0.05, 0.1) is 22.0 Å². The van der Waals surface area contributed by atoms with Gasteiger partial charge in [-0.25, -0.2) is 15.0 Å². The van der Waals surface area contributed by atoms with Crippen molar-refractivity contribution in [3.05, 3.63) is 87.2 Å². The van der Waals surface area contributed by atoms with Crippen LogP contribution in [-0.4, -0.2) is 26.1 Å². The Morgan fingerprint density at radius 2 is 1.97 bits per heavy atom. The molecule has 1 atom stereocenters. The molecule has 0 radical (unpaired) electrons. The number of nitrogens with zero attached hydrogens (tertiary/aromatic N) is 5. The molecule has 4 rings (SSSR count). The molecular formula is C25H25ClN8O. The molecule has 2 aromatic heterocycles. The Balaban J connectivity index is 1.60. The van der Waals surface area contributed by atoms with Gasteiger partial charge in [0.2, 0.25) is 0 Å². The molecule has 2 aromatic carbocycles. The van der Waals surface area contributed by atoms with Gasteiger partial charge in [0.15, 0.2) is 0 Å². The molecule has 178 valence electrons. The molecule has 35 heavy (non-hydrogen) atoms. The molecule has 0 bridgehead atoms. The summed E-state index contributed by atoms with van der Waals surface area (Å²) in [5.41, 5.74) is 7.45. The van der Waals surface area contributed by atoms with E-state index >= 15 is 0 Å². The maximum absolute atomic E-state index is 13.5. The van der Waals surface area contributed by atoms with E-state index in [2.05, 4.69) is 32.7 Å². The number of nitriles is 1. The minimum absolute atomic E-state index is 0.0809. The maximum Gasteiger partial charge on any atom is 0.262 e. The first kappa shape index (κ1) is 24.1. The molecule has 0 amide bonds. The van der Waals surface area contributed by atoms with Crippen molar-refractivity contribution in [1.82, 2.24) is 24.8 Å². The van der Waals surface area contributed by atoms with Crippen LogP contribution in [0.3, 0.4) is 0 Å². The van der Waals surface area contributed by atoms with Crippen molar-refractivity contribution < 1.29 is 0 Å². The van der Waals surface area contributed by atoms with Crippen molar-refractivity contribution in [1.29, 1.82) is 5.26 Å². The van der Waals surface area contributed by atoms with Crippen LogP contribution in [0.25, 0.3) is 10.9 Å². The van der Waals surface area contributed by atoms with Crippen LogP contribution in [-0.2, 0) is 13.1 Å². The van der Waals surface area contributed by atoms with Gasteiger partial charge in [0.1, 0.15) is 35.4 Å². The molecule has 2 heterocycles. The average Bonchev–Trinajstić information content (AvgIpc) is 2.85. The minimum atomic E-state index is -0.454. The van der Waals surface area contributed by atoms with E-state index in [1.165, 1.54) is 11.9 Å². The van der Waals surface area contributed by atoms with Crippen LogP contribution in [0.2, 0.25) is 5.02 Å². The second kappa shape index (κ2) is 11.0. The van der Waals surface area contributed by atoms with Crippen molar-refractivity contribution >= 4 is 34.1 Å². The van der Waals surface area contributed by atoms with Crippen molar-refractivity contribution in [3.63, 3.8) is 0 Å². The van der Waals surface area contributed by atoms with Crippen molar-refractivity contribution in [2.45, 2.75) is 32.5 Å². The standard InChI is InChI=1S/C25H25ClN8O/c1-16(32-23-18(13-27)22(28)30-15-31-23)24-33-20-10-5-9-19(26)21(20)25(35)34(24)12-6-11-29-14-17-7-3-2-4-8-17/h2-5,7-10,15-16,29H,6,11-12,14H2,1H3,(H3,28,30,31,32). The normalized spacial score (nSPS) is 11.8. The second-order valence-corrected chi connectivity index (χ2v) is 8.44. The SMILES string of the molecule is CC(Nc1ncnc(N)c1C#N)c1nc2cccc(Cl)c2c(=O)n1CCCNCc1ccccc1. The molecule has 9 nitrogen and oxygen atoms in total. The third-order valence-corrected chi connectivity index (χ3v) is 5.91. The minimum Gasteiger partial charge on any atom is -0.382 e. The first-order valence-electron chi connectivity index (χ1n) is 11.2. The van der Waals surface area contributed by atoms with Gasteiger partial charge in [-0.05, 0) is 37.6 Å². The highest BCUT2D eigenvalue weighted by atomic mass is 35.5. The lowest BCUT2D eigenvalue weighted by Gasteiger charge is -2.21. The zero-order valence-electron chi connectivity index (χ0n) is 19.2. The summed E-state index contributed by atoms with van der Waals surface area (Å²) in [6, 6.07) is 16.9. The van der Waals surface area contributed by atoms with Crippen LogP contribution in [0.1, 0.15) is 36.3 Å². The highest BCUT2D eigenvalue weighted by molar-refractivity contribution is 6.35. The number of nitrogen functional groups attached to an aromatic ring is 1. The number of rotatable bonds is 9. The third-order valence-electron chi connectivity index (χ3n) is 5.60. The Morgan fingerprint density at radius 3 is 2.74 bits per heavy atom. The number of anilines is 2. The van der Waals surface area contributed by atoms with E-state index in [0.29, 0.717) is 41.3 Å². The van der Waals surface area contributed by atoms with E-state index in [9.17, 15) is 10.1 Å². The zero-order chi connectivity index (χ0) is 24.8. The van der Waals surface area contributed by atoms with E-state index in [4.69, 9.17) is 22.3 Å². The van der Waals surface area contributed by atoms with E-state index in [1.807, 2.05) is 31.2 Å². The average molecular weight is 489 g/mol. The van der Waals surface area contributed by atoms with Gasteiger partial charge < -0.3 is 16.4 Å². The number of halogens is 1. The second-order valence-electron chi connectivity index (χ2n) is 8.04. The molecule has 0 aliphatic heterocycles. The molecule has 0 saturated carbocycles. The summed E-state index contributed by atoms with van der Waals surface area (Å²) in [6.45, 7) is 3.74. The van der Waals surface area contributed by atoms with Gasteiger partial charge in [-0.3, -0.25) is 9.36 Å². The summed E-state index contributed by atoms with van der Waals surface area (Å²) >= 11 is 6.36. The number of nitrogens with one attached hydrogen (secondary N) is 2. The summed E-state index contributed by atoms with van der Waals surface area (Å²) in [6.07, 6.45) is 1.98. The Bertz CT molecular complexity index is 1430.